The average molecular weight is 489 g/mol. The fourth-order valence-electron chi connectivity index (χ4n) is 4.36. The van der Waals surface area contributed by atoms with Crippen LogP contribution in [0.25, 0.3) is 22.3 Å². The zero-order chi connectivity index (χ0) is 24.6. The summed E-state index contributed by atoms with van der Waals surface area (Å²) in [4.78, 5) is 26.5. The Morgan fingerprint density at radius 3 is 2.40 bits per heavy atom. The van der Waals surface area contributed by atoms with Crippen LogP contribution in [0.2, 0.25) is 0 Å². The van der Waals surface area contributed by atoms with Crippen molar-refractivity contribution in [2.45, 2.75) is 24.7 Å². The molecule has 0 saturated carbocycles. The van der Waals surface area contributed by atoms with Crippen LogP contribution >= 0.6 is 0 Å². The van der Waals surface area contributed by atoms with Crippen LogP contribution in [0.1, 0.15) is 28.8 Å². The van der Waals surface area contributed by atoms with Gasteiger partial charge in [-0.25, -0.2) is 8.42 Å². The second kappa shape index (κ2) is 9.13. The molecule has 35 heavy (non-hydrogen) atoms. The van der Waals surface area contributed by atoms with Crippen LogP contribution in [0.4, 0.5) is 5.69 Å². The number of benzene rings is 3. The Hall–Kier alpha value is -3.75. The number of para-hydroxylation sites is 1. The first-order valence-electron chi connectivity index (χ1n) is 11.4. The van der Waals surface area contributed by atoms with E-state index in [9.17, 15) is 18.0 Å². The van der Waals surface area contributed by atoms with E-state index in [4.69, 9.17) is 4.42 Å². The van der Waals surface area contributed by atoms with Crippen molar-refractivity contribution in [3.63, 3.8) is 0 Å². The molecule has 1 aromatic heterocycles. The van der Waals surface area contributed by atoms with Gasteiger partial charge in [-0.2, -0.15) is 4.31 Å². The van der Waals surface area contributed by atoms with Gasteiger partial charge in [-0.3, -0.25) is 9.59 Å². The van der Waals surface area contributed by atoms with E-state index >= 15 is 0 Å². The lowest BCUT2D eigenvalue weighted by atomic mass is 10.0. The number of sulfonamides is 1. The number of rotatable bonds is 5. The summed E-state index contributed by atoms with van der Waals surface area (Å²) < 4.78 is 33.4. The number of hydrogen-bond donors (Lipinski definition) is 1. The van der Waals surface area contributed by atoms with Gasteiger partial charge in [0.05, 0.1) is 15.8 Å². The monoisotopic (exact) mass is 488 g/mol. The van der Waals surface area contributed by atoms with Crippen molar-refractivity contribution in [3.8, 4) is 11.3 Å². The first-order valence-corrected chi connectivity index (χ1v) is 12.8. The molecule has 178 valence electrons. The molecule has 1 amide bonds. The zero-order valence-corrected chi connectivity index (χ0v) is 20.0. The first kappa shape index (κ1) is 23.0. The number of amides is 1. The summed E-state index contributed by atoms with van der Waals surface area (Å²) in [6.07, 6.45) is 1.68. The van der Waals surface area contributed by atoms with Gasteiger partial charge in [0.15, 0.2) is 11.0 Å². The van der Waals surface area contributed by atoms with Crippen LogP contribution in [0, 0.1) is 6.92 Å². The molecule has 7 nitrogen and oxygen atoms in total. The fraction of sp³-hybridized carbons (Fsp3) is 0.185. The van der Waals surface area contributed by atoms with Gasteiger partial charge < -0.3 is 9.73 Å². The lowest BCUT2D eigenvalue weighted by molar-refractivity contribution is 0.102. The van der Waals surface area contributed by atoms with Crippen molar-refractivity contribution >= 4 is 32.6 Å². The van der Waals surface area contributed by atoms with Crippen molar-refractivity contribution in [1.29, 1.82) is 0 Å². The highest BCUT2D eigenvalue weighted by Gasteiger charge is 2.27. The molecule has 0 aliphatic carbocycles. The number of carbonyl (C=O) groups is 1. The summed E-state index contributed by atoms with van der Waals surface area (Å²) in [6.45, 7) is 2.70. The molecule has 0 spiro atoms. The van der Waals surface area contributed by atoms with Gasteiger partial charge in [0.1, 0.15) is 5.76 Å². The summed E-state index contributed by atoms with van der Waals surface area (Å²) in [5, 5.41) is 3.07. The number of anilines is 1. The summed E-state index contributed by atoms with van der Waals surface area (Å²) >= 11 is 0. The molecular formula is C27H24N2O5S. The van der Waals surface area contributed by atoms with Crippen LogP contribution in [-0.4, -0.2) is 31.7 Å². The van der Waals surface area contributed by atoms with E-state index < -0.39 is 15.9 Å². The topological polar surface area (TPSA) is 96.7 Å². The maximum absolute atomic E-state index is 13.3. The molecule has 2 heterocycles. The molecule has 0 atom stereocenters. The van der Waals surface area contributed by atoms with Crippen LogP contribution in [-0.2, 0) is 10.0 Å². The van der Waals surface area contributed by atoms with Crippen LogP contribution < -0.4 is 10.7 Å². The third-order valence-corrected chi connectivity index (χ3v) is 8.11. The molecule has 1 aliphatic heterocycles. The van der Waals surface area contributed by atoms with Gasteiger partial charge >= 0.3 is 0 Å². The van der Waals surface area contributed by atoms with E-state index in [-0.39, 0.29) is 21.5 Å². The number of fused-ring (bicyclic) bond motifs is 1. The van der Waals surface area contributed by atoms with Gasteiger partial charge in [0, 0.05) is 29.9 Å². The highest BCUT2D eigenvalue weighted by Crippen LogP contribution is 2.28. The Morgan fingerprint density at radius 2 is 1.66 bits per heavy atom. The second-order valence-electron chi connectivity index (χ2n) is 8.53. The number of hydrogen-bond acceptors (Lipinski definition) is 5. The Balaban J connectivity index is 1.53. The standard InChI is InChI=1S/C27H24N2O5S/c1-18-24(30)22-13-8-14-23(26(22)34-25(18)19-9-3-2-4-10-19)27(31)28-20-11-7-12-21(17-20)35(32,33)29-15-5-6-16-29/h2-4,7-14,17H,5-6,15-16H2,1H3,(H,28,31). The van der Waals surface area contributed by atoms with E-state index in [0.717, 1.165) is 18.4 Å². The largest absolute Gasteiger partial charge is 0.455 e. The van der Waals surface area contributed by atoms with E-state index in [1.54, 1.807) is 37.3 Å². The molecule has 1 N–H and O–H groups in total. The Labute approximate surface area is 203 Å². The molecule has 3 aromatic carbocycles. The minimum Gasteiger partial charge on any atom is -0.455 e. The predicted octanol–water partition coefficient (Wildman–Crippen LogP) is 4.81. The fourth-order valence-corrected chi connectivity index (χ4v) is 5.93. The molecule has 5 rings (SSSR count). The van der Waals surface area contributed by atoms with Crippen molar-refractivity contribution < 1.29 is 17.6 Å². The zero-order valence-electron chi connectivity index (χ0n) is 19.2. The van der Waals surface area contributed by atoms with E-state index in [1.807, 2.05) is 30.3 Å². The minimum absolute atomic E-state index is 0.128. The summed E-state index contributed by atoms with van der Waals surface area (Å²) in [5.74, 6) is -0.0978. The van der Waals surface area contributed by atoms with E-state index in [1.165, 1.54) is 16.4 Å². The third-order valence-electron chi connectivity index (χ3n) is 6.22. The molecule has 0 bridgehead atoms. The van der Waals surface area contributed by atoms with Gasteiger partial charge in [-0.05, 0) is 50.1 Å². The Morgan fingerprint density at radius 1 is 0.943 bits per heavy atom. The van der Waals surface area contributed by atoms with Gasteiger partial charge in [-0.1, -0.05) is 42.5 Å². The van der Waals surface area contributed by atoms with Crippen molar-refractivity contribution in [3.05, 3.63) is 94.1 Å². The van der Waals surface area contributed by atoms with Crippen molar-refractivity contribution in [1.82, 2.24) is 4.31 Å². The maximum atomic E-state index is 13.3. The smallest absolute Gasteiger partial charge is 0.259 e. The molecule has 1 saturated heterocycles. The Bertz CT molecular complexity index is 1590. The van der Waals surface area contributed by atoms with Crippen LogP contribution in [0.5, 0.6) is 0 Å². The van der Waals surface area contributed by atoms with Crippen LogP contribution in [0.3, 0.4) is 0 Å². The quantitative estimate of drug-likeness (QED) is 0.435. The molecule has 0 radical (unpaired) electrons. The number of nitrogens with zero attached hydrogens (tertiary/aromatic N) is 1. The third kappa shape index (κ3) is 4.26. The lowest BCUT2D eigenvalue weighted by Crippen LogP contribution is -2.27. The SMILES string of the molecule is Cc1c(-c2ccccc2)oc2c(C(=O)Nc3cccc(S(=O)(=O)N4CCCC4)c3)cccc2c1=O. The van der Waals surface area contributed by atoms with Gasteiger partial charge in [0.2, 0.25) is 10.0 Å². The summed E-state index contributed by atoms with van der Waals surface area (Å²) in [6, 6.07) is 20.3. The minimum atomic E-state index is -3.62. The van der Waals surface area contributed by atoms with Gasteiger partial charge in [0.25, 0.3) is 5.91 Å². The molecule has 1 aliphatic rings. The second-order valence-corrected chi connectivity index (χ2v) is 10.5. The highest BCUT2D eigenvalue weighted by molar-refractivity contribution is 7.89. The molecule has 1 fully saturated rings. The Kier molecular flexibility index (Phi) is 6.00. The summed E-state index contributed by atoms with van der Waals surface area (Å²) in [7, 11) is -3.62. The molecule has 8 heteroatoms. The molecule has 4 aromatic rings. The van der Waals surface area contributed by atoms with E-state index in [2.05, 4.69) is 5.32 Å². The molecular weight excluding hydrogens is 464 g/mol. The first-order chi connectivity index (χ1) is 16.9. The lowest BCUT2D eigenvalue weighted by Gasteiger charge is -2.16. The summed E-state index contributed by atoms with van der Waals surface area (Å²) in [5.41, 5.74) is 1.69. The van der Waals surface area contributed by atoms with Gasteiger partial charge in [-0.15, -0.1) is 0 Å². The van der Waals surface area contributed by atoms with Crippen molar-refractivity contribution in [2.24, 2.45) is 0 Å². The van der Waals surface area contributed by atoms with Crippen LogP contribution in [0.15, 0.2) is 86.9 Å². The van der Waals surface area contributed by atoms with E-state index in [0.29, 0.717) is 35.5 Å². The normalized spacial score (nSPS) is 14.3. The molecule has 0 unspecified atom stereocenters. The number of nitrogens with one attached hydrogen (secondary N) is 1. The predicted molar refractivity (Wildman–Crippen MR) is 135 cm³/mol. The highest BCUT2D eigenvalue weighted by atomic mass is 32.2. The average Bonchev–Trinajstić information content (AvgIpc) is 3.43. The number of carbonyl (C=O) groups excluding carboxylic acids is 1. The maximum Gasteiger partial charge on any atom is 0.259 e. The van der Waals surface area contributed by atoms with Crippen molar-refractivity contribution in [2.75, 3.05) is 18.4 Å².